The van der Waals surface area contributed by atoms with Crippen LogP contribution in [0.3, 0.4) is 0 Å². The van der Waals surface area contributed by atoms with Crippen molar-refractivity contribution in [1.82, 2.24) is 0 Å². The molecule has 1 atom stereocenters. The first-order chi connectivity index (χ1) is 5.54. The van der Waals surface area contributed by atoms with Crippen molar-refractivity contribution in [1.29, 1.82) is 0 Å². The number of carbonyl (C=O) groups excluding carboxylic acids is 1. The minimum atomic E-state index is -1.64. The molecule has 1 unspecified atom stereocenters. The number of aliphatic hydroxyl groups is 1. The topological polar surface area (TPSA) is 134 Å². The number of rotatable bonds is 3. The Morgan fingerprint density at radius 3 is 2.25 bits per heavy atom. The Labute approximate surface area is 81.5 Å². The van der Waals surface area contributed by atoms with Crippen LogP contribution in [0.25, 0.3) is 0 Å². The summed E-state index contributed by atoms with van der Waals surface area (Å²) in [5, 5.41) is 8.94. The molecule has 0 amide bonds. The molecular formula is C4H8IN3O4. The van der Waals surface area contributed by atoms with Gasteiger partial charge in [-0.2, -0.15) is 5.90 Å². The maximum Gasteiger partial charge on any atom is 0.360 e. The molecule has 0 aliphatic carbocycles. The standard InChI is InChI=1S/C4H8IN3O4/c5-2(6)1(3(9)11-7)4(10)12-8/h3,9H,6-8H2/b2-1+. The van der Waals surface area contributed by atoms with E-state index >= 15 is 0 Å². The van der Waals surface area contributed by atoms with Crippen LogP contribution < -0.4 is 17.5 Å². The molecule has 0 aromatic heterocycles. The van der Waals surface area contributed by atoms with Crippen molar-refractivity contribution in [3.8, 4) is 0 Å². The Bertz CT molecular complexity index is 202. The molecule has 0 fully saturated rings. The van der Waals surface area contributed by atoms with E-state index in [9.17, 15) is 4.79 Å². The fourth-order valence-corrected chi connectivity index (χ4v) is 0.934. The van der Waals surface area contributed by atoms with Crippen molar-refractivity contribution >= 4 is 28.6 Å². The van der Waals surface area contributed by atoms with Crippen LogP contribution in [0.2, 0.25) is 0 Å². The van der Waals surface area contributed by atoms with Gasteiger partial charge in [-0.05, 0) is 22.6 Å². The van der Waals surface area contributed by atoms with E-state index in [1.54, 1.807) is 22.6 Å². The second kappa shape index (κ2) is 5.27. The average Bonchev–Trinajstić information content (AvgIpc) is 2.03. The summed E-state index contributed by atoms with van der Waals surface area (Å²) >= 11 is 1.59. The quantitative estimate of drug-likeness (QED) is 0.159. The molecule has 0 aliphatic rings. The van der Waals surface area contributed by atoms with Crippen molar-refractivity contribution in [2.75, 3.05) is 0 Å². The Hall–Kier alpha value is -0.420. The molecule has 0 rings (SSSR count). The molecule has 0 bridgehead atoms. The van der Waals surface area contributed by atoms with Gasteiger partial charge >= 0.3 is 5.97 Å². The van der Waals surface area contributed by atoms with Crippen molar-refractivity contribution in [3.63, 3.8) is 0 Å². The van der Waals surface area contributed by atoms with E-state index in [0.717, 1.165) is 0 Å². The second-order valence-corrected chi connectivity index (χ2v) is 2.82. The first-order valence-electron chi connectivity index (χ1n) is 2.64. The largest absolute Gasteiger partial charge is 0.393 e. The van der Waals surface area contributed by atoms with Gasteiger partial charge in [0.2, 0.25) is 6.29 Å². The van der Waals surface area contributed by atoms with Gasteiger partial charge in [0.25, 0.3) is 0 Å². The van der Waals surface area contributed by atoms with Crippen LogP contribution in [0.1, 0.15) is 0 Å². The fourth-order valence-electron chi connectivity index (χ4n) is 0.448. The minimum absolute atomic E-state index is 0.0130. The van der Waals surface area contributed by atoms with Crippen LogP contribution in [0.15, 0.2) is 9.28 Å². The van der Waals surface area contributed by atoms with Gasteiger partial charge in [0.05, 0.1) is 3.70 Å². The number of hydrogen-bond acceptors (Lipinski definition) is 7. The summed E-state index contributed by atoms with van der Waals surface area (Å²) in [7, 11) is 0. The Morgan fingerprint density at radius 1 is 1.50 bits per heavy atom. The molecule has 0 aromatic rings. The van der Waals surface area contributed by atoms with Gasteiger partial charge in [0, 0.05) is 0 Å². The van der Waals surface area contributed by atoms with Crippen LogP contribution in [-0.2, 0) is 14.5 Å². The van der Waals surface area contributed by atoms with Gasteiger partial charge in [-0.3, -0.25) is 4.84 Å². The van der Waals surface area contributed by atoms with Crippen LogP contribution in [-0.4, -0.2) is 17.4 Å². The summed E-state index contributed by atoms with van der Waals surface area (Å²) in [6, 6.07) is 0. The smallest absolute Gasteiger partial charge is 0.360 e. The summed E-state index contributed by atoms with van der Waals surface area (Å²) in [5.41, 5.74) is 4.87. The lowest BCUT2D eigenvalue weighted by Gasteiger charge is -2.10. The van der Waals surface area contributed by atoms with E-state index in [1.807, 2.05) is 0 Å². The highest BCUT2D eigenvalue weighted by Crippen LogP contribution is 2.12. The zero-order valence-electron chi connectivity index (χ0n) is 5.86. The minimum Gasteiger partial charge on any atom is -0.393 e. The lowest BCUT2D eigenvalue weighted by atomic mass is 10.3. The van der Waals surface area contributed by atoms with Crippen molar-refractivity contribution in [2.45, 2.75) is 6.29 Å². The van der Waals surface area contributed by atoms with E-state index in [1.165, 1.54) is 0 Å². The SMILES string of the molecule is NOC(=O)/C(=C(/N)I)C(O)ON. The molecule has 12 heavy (non-hydrogen) atoms. The molecule has 0 radical (unpaired) electrons. The first kappa shape index (κ1) is 11.6. The lowest BCUT2D eigenvalue weighted by Crippen LogP contribution is -2.29. The zero-order valence-corrected chi connectivity index (χ0v) is 8.02. The van der Waals surface area contributed by atoms with Gasteiger partial charge in [-0.25, -0.2) is 10.7 Å². The Morgan fingerprint density at radius 2 is 2.00 bits per heavy atom. The third-order valence-corrected chi connectivity index (χ3v) is 1.54. The second-order valence-electron chi connectivity index (χ2n) is 1.66. The van der Waals surface area contributed by atoms with Crippen molar-refractivity contribution in [3.05, 3.63) is 9.28 Å². The molecule has 7 nitrogen and oxygen atoms in total. The van der Waals surface area contributed by atoms with Gasteiger partial charge < -0.3 is 15.7 Å². The first-order valence-corrected chi connectivity index (χ1v) is 3.72. The van der Waals surface area contributed by atoms with E-state index in [0.29, 0.717) is 0 Å². The maximum absolute atomic E-state index is 10.8. The molecule has 0 saturated carbocycles. The summed E-state index contributed by atoms with van der Waals surface area (Å²) < 4.78 is -0.0130. The van der Waals surface area contributed by atoms with Crippen LogP contribution in [0, 0.1) is 0 Å². The van der Waals surface area contributed by atoms with Crippen LogP contribution in [0.5, 0.6) is 0 Å². The Balaban J connectivity index is 4.69. The molecule has 0 saturated heterocycles. The summed E-state index contributed by atoms with van der Waals surface area (Å²) in [5.74, 6) is 8.16. The van der Waals surface area contributed by atoms with Gasteiger partial charge in [-0.1, -0.05) is 0 Å². The van der Waals surface area contributed by atoms with Crippen molar-refractivity contribution in [2.24, 2.45) is 17.5 Å². The van der Waals surface area contributed by atoms with Gasteiger partial charge in [0.1, 0.15) is 5.57 Å². The molecule has 0 heterocycles. The van der Waals surface area contributed by atoms with Gasteiger partial charge in [0.15, 0.2) is 0 Å². The summed E-state index contributed by atoms with van der Waals surface area (Å²) in [6.07, 6.45) is -1.64. The summed E-state index contributed by atoms with van der Waals surface area (Å²) in [6.45, 7) is 0. The van der Waals surface area contributed by atoms with E-state index in [-0.39, 0.29) is 9.28 Å². The highest BCUT2D eigenvalue weighted by molar-refractivity contribution is 14.1. The summed E-state index contributed by atoms with van der Waals surface area (Å²) in [4.78, 5) is 18.5. The van der Waals surface area contributed by atoms with E-state index in [4.69, 9.17) is 10.8 Å². The van der Waals surface area contributed by atoms with Crippen molar-refractivity contribution < 1.29 is 19.6 Å². The molecule has 8 heteroatoms. The highest BCUT2D eigenvalue weighted by Gasteiger charge is 2.23. The third kappa shape index (κ3) is 2.91. The number of halogens is 1. The fraction of sp³-hybridized carbons (Fsp3) is 0.250. The average molecular weight is 289 g/mol. The molecule has 7 N–H and O–H groups in total. The Kier molecular flexibility index (Phi) is 5.08. The molecular weight excluding hydrogens is 281 g/mol. The normalized spacial score (nSPS) is 15.0. The van der Waals surface area contributed by atoms with Crippen LogP contribution >= 0.6 is 22.6 Å². The van der Waals surface area contributed by atoms with E-state index < -0.39 is 12.3 Å². The molecule has 0 spiro atoms. The number of aliphatic hydroxyl groups excluding tert-OH is 1. The predicted octanol–water partition coefficient (Wildman–Crippen LogP) is -1.78. The number of carbonyl (C=O) groups is 1. The predicted molar refractivity (Wildman–Crippen MR) is 46.8 cm³/mol. The monoisotopic (exact) mass is 289 g/mol. The molecule has 70 valence electrons. The number of hydrogen-bond donors (Lipinski definition) is 4. The molecule has 0 aliphatic heterocycles. The third-order valence-electron chi connectivity index (χ3n) is 0.960. The van der Waals surface area contributed by atoms with Gasteiger partial charge in [-0.15, -0.1) is 0 Å². The number of nitrogens with two attached hydrogens (primary N) is 3. The molecule has 0 aromatic carbocycles. The zero-order chi connectivity index (χ0) is 9.72. The van der Waals surface area contributed by atoms with E-state index in [2.05, 4.69) is 21.5 Å². The van der Waals surface area contributed by atoms with Crippen LogP contribution in [0.4, 0.5) is 0 Å². The maximum atomic E-state index is 10.8. The highest BCUT2D eigenvalue weighted by atomic mass is 127. The lowest BCUT2D eigenvalue weighted by molar-refractivity contribution is -0.146.